The molecule has 2 aromatic rings. The molecule has 0 bridgehead atoms. The Morgan fingerprint density at radius 3 is 2.67 bits per heavy atom. The molecule has 0 spiro atoms. The van der Waals surface area contributed by atoms with Crippen molar-refractivity contribution in [2.24, 2.45) is 0 Å². The van der Waals surface area contributed by atoms with Crippen molar-refractivity contribution in [2.45, 2.75) is 6.92 Å². The zero-order valence-electron chi connectivity index (χ0n) is 10.2. The van der Waals surface area contributed by atoms with Crippen LogP contribution in [0.4, 0.5) is 0 Å². The monoisotopic (exact) mass is 303 g/mol. The summed E-state index contributed by atoms with van der Waals surface area (Å²) in [5.74, 6) is 0.640. The van der Waals surface area contributed by atoms with Crippen molar-refractivity contribution in [2.75, 3.05) is 6.61 Å². The Morgan fingerprint density at radius 2 is 2.06 bits per heavy atom. The highest BCUT2D eigenvalue weighted by molar-refractivity contribution is 9.10. The fourth-order valence-electron chi connectivity index (χ4n) is 1.65. The molecule has 2 nitrogen and oxygen atoms in total. The van der Waals surface area contributed by atoms with Crippen LogP contribution in [0.5, 0.6) is 5.88 Å². The number of aromatic nitrogens is 1. The predicted molar refractivity (Wildman–Crippen MR) is 77.7 cm³/mol. The zero-order valence-corrected chi connectivity index (χ0v) is 11.8. The van der Waals surface area contributed by atoms with Crippen molar-refractivity contribution < 1.29 is 4.74 Å². The summed E-state index contributed by atoms with van der Waals surface area (Å²) in [4.78, 5) is 4.25. The molecule has 0 aliphatic rings. The van der Waals surface area contributed by atoms with Gasteiger partial charge in [-0.05, 0) is 30.2 Å². The van der Waals surface area contributed by atoms with Crippen molar-refractivity contribution >= 4 is 21.5 Å². The normalized spacial score (nSPS) is 10.1. The topological polar surface area (TPSA) is 22.1 Å². The molecule has 1 heterocycles. The van der Waals surface area contributed by atoms with Gasteiger partial charge in [-0.2, -0.15) is 0 Å². The molecule has 18 heavy (non-hydrogen) atoms. The highest BCUT2D eigenvalue weighted by Crippen LogP contribution is 2.28. The Kier molecular flexibility index (Phi) is 4.15. The molecule has 0 unspecified atom stereocenters. The van der Waals surface area contributed by atoms with Crippen molar-refractivity contribution in [1.82, 2.24) is 4.98 Å². The van der Waals surface area contributed by atoms with Crippen LogP contribution >= 0.6 is 15.9 Å². The van der Waals surface area contributed by atoms with E-state index in [-0.39, 0.29) is 0 Å². The SMILES string of the molecule is C=C(c1ccc(OCC)nc1)c1ccccc1Br. The molecule has 0 radical (unpaired) electrons. The van der Waals surface area contributed by atoms with Crippen LogP contribution in [0.3, 0.4) is 0 Å². The maximum atomic E-state index is 5.32. The van der Waals surface area contributed by atoms with Crippen LogP contribution in [-0.2, 0) is 0 Å². The number of nitrogens with zero attached hydrogens (tertiary/aromatic N) is 1. The molecule has 0 aliphatic carbocycles. The molecule has 3 heteroatoms. The molecule has 0 saturated carbocycles. The van der Waals surface area contributed by atoms with Gasteiger partial charge in [0.05, 0.1) is 6.61 Å². The molecule has 2 rings (SSSR count). The molecule has 1 aromatic heterocycles. The lowest BCUT2D eigenvalue weighted by Crippen LogP contribution is -1.95. The minimum absolute atomic E-state index is 0.623. The highest BCUT2D eigenvalue weighted by atomic mass is 79.9. The van der Waals surface area contributed by atoms with Crippen molar-refractivity contribution in [1.29, 1.82) is 0 Å². The number of benzene rings is 1. The van der Waals surface area contributed by atoms with Crippen LogP contribution < -0.4 is 4.74 Å². The van der Waals surface area contributed by atoms with Crippen molar-refractivity contribution in [3.63, 3.8) is 0 Å². The number of pyridine rings is 1. The van der Waals surface area contributed by atoms with Crippen LogP contribution in [0.1, 0.15) is 18.1 Å². The van der Waals surface area contributed by atoms with E-state index in [0.717, 1.165) is 21.2 Å². The fourth-order valence-corrected chi connectivity index (χ4v) is 2.18. The van der Waals surface area contributed by atoms with E-state index in [9.17, 15) is 0 Å². The van der Waals surface area contributed by atoms with Gasteiger partial charge < -0.3 is 4.74 Å². The maximum Gasteiger partial charge on any atom is 0.213 e. The van der Waals surface area contributed by atoms with E-state index in [0.29, 0.717) is 12.5 Å². The van der Waals surface area contributed by atoms with Crippen molar-refractivity contribution in [3.05, 3.63) is 64.8 Å². The van der Waals surface area contributed by atoms with Crippen LogP contribution in [0.25, 0.3) is 5.57 Å². The molecule has 0 aliphatic heterocycles. The lowest BCUT2D eigenvalue weighted by Gasteiger charge is -2.09. The molecule has 0 atom stereocenters. The minimum atomic E-state index is 0.623. The van der Waals surface area contributed by atoms with E-state index in [4.69, 9.17) is 4.74 Å². The molecule has 0 N–H and O–H groups in total. The molecule has 1 aromatic carbocycles. The summed E-state index contributed by atoms with van der Waals surface area (Å²) in [6.45, 7) is 6.68. The Morgan fingerprint density at radius 1 is 1.28 bits per heavy atom. The van der Waals surface area contributed by atoms with Gasteiger partial charge in [-0.3, -0.25) is 0 Å². The van der Waals surface area contributed by atoms with E-state index in [1.54, 1.807) is 6.20 Å². The number of ether oxygens (including phenoxy) is 1. The molecular weight excluding hydrogens is 290 g/mol. The van der Waals surface area contributed by atoms with Gasteiger partial charge in [0, 0.05) is 22.3 Å². The second-order valence-electron chi connectivity index (χ2n) is 3.78. The average Bonchev–Trinajstić information content (AvgIpc) is 2.40. The van der Waals surface area contributed by atoms with Gasteiger partial charge in [-0.25, -0.2) is 4.98 Å². The maximum absolute atomic E-state index is 5.32. The second-order valence-corrected chi connectivity index (χ2v) is 4.63. The standard InChI is InChI=1S/C15H14BrNO/c1-3-18-15-9-8-12(10-17-15)11(2)13-6-4-5-7-14(13)16/h4-10H,2-3H2,1H3. The fraction of sp³-hybridized carbons (Fsp3) is 0.133. The van der Waals surface area contributed by atoms with E-state index in [2.05, 4.69) is 27.5 Å². The first-order valence-electron chi connectivity index (χ1n) is 5.75. The molecule has 0 saturated heterocycles. The largest absolute Gasteiger partial charge is 0.478 e. The van der Waals surface area contributed by atoms with Gasteiger partial charge >= 0.3 is 0 Å². The first kappa shape index (κ1) is 12.8. The summed E-state index contributed by atoms with van der Waals surface area (Å²) in [7, 11) is 0. The van der Waals surface area contributed by atoms with Crippen LogP contribution in [0, 0.1) is 0 Å². The third-order valence-electron chi connectivity index (χ3n) is 2.58. The van der Waals surface area contributed by atoms with Crippen LogP contribution in [0.15, 0.2) is 53.6 Å². The second kappa shape index (κ2) is 5.83. The zero-order chi connectivity index (χ0) is 13.0. The summed E-state index contributed by atoms with van der Waals surface area (Å²) in [5.41, 5.74) is 3.01. The number of halogens is 1. The third kappa shape index (κ3) is 2.79. The number of hydrogen-bond acceptors (Lipinski definition) is 2. The predicted octanol–water partition coefficient (Wildman–Crippen LogP) is 4.30. The summed E-state index contributed by atoms with van der Waals surface area (Å²) in [6, 6.07) is 11.8. The van der Waals surface area contributed by atoms with E-state index in [1.807, 2.05) is 43.3 Å². The van der Waals surface area contributed by atoms with Gasteiger partial charge in [-0.1, -0.05) is 40.7 Å². The van der Waals surface area contributed by atoms with E-state index < -0.39 is 0 Å². The smallest absolute Gasteiger partial charge is 0.213 e. The summed E-state index contributed by atoms with van der Waals surface area (Å²) in [6.07, 6.45) is 1.78. The summed E-state index contributed by atoms with van der Waals surface area (Å²) < 4.78 is 6.35. The van der Waals surface area contributed by atoms with E-state index in [1.165, 1.54) is 0 Å². The lowest BCUT2D eigenvalue weighted by atomic mass is 10.0. The van der Waals surface area contributed by atoms with Gasteiger partial charge in [0.15, 0.2) is 0 Å². The first-order valence-corrected chi connectivity index (χ1v) is 6.54. The van der Waals surface area contributed by atoms with E-state index >= 15 is 0 Å². The Labute approximate surface area is 115 Å². The molecule has 92 valence electrons. The Balaban J connectivity index is 2.27. The molecular formula is C15H14BrNO. The summed E-state index contributed by atoms with van der Waals surface area (Å²) in [5, 5.41) is 0. The first-order chi connectivity index (χ1) is 8.72. The van der Waals surface area contributed by atoms with Gasteiger partial charge in [0.2, 0.25) is 5.88 Å². The van der Waals surface area contributed by atoms with Crippen LogP contribution in [-0.4, -0.2) is 11.6 Å². The average molecular weight is 304 g/mol. The quantitative estimate of drug-likeness (QED) is 0.840. The Bertz CT molecular complexity index is 549. The lowest BCUT2D eigenvalue weighted by molar-refractivity contribution is 0.327. The molecule has 0 fully saturated rings. The Hall–Kier alpha value is -1.61. The van der Waals surface area contributed by atoms with Crippen LogP contribution in [0.2, 0.25) is 0 Å². The van der Waals surface area contributed by atoms with Crippen molar-refractivity contribution in [3.8, 4) is 5.88 Å². The number of hydrogen-bond donors (Lipinski definition) is 0. The van der Waals surface area contributed by atoms with Gasteiger partial charge in [-0.15, -0.1) is 0 Å². The number of rotatable bonds is 4. The minimum Gasteiger partial charge on any atom is -0.478 e. The van der Waals surface area contributed by atoms with Gasteiger partial charge in [0.1, 0.15) is 0 Å². The highest BCUT2D eigenvalue weighted by Gasteiger charge is 2.06. The third-order valence-corrected chi connectivity index (χ3v) is 3.27. The summed E-state index contributed by atoms with van der Waals surface area (Å²) >= 11 is 3.53. The molecule has 0 amide bonds. The van der Waals surface area contributed by atoms with Gasteiger partial charge in [0.25, 0.3) is 0 Å².